The van der Waals surface area contributed by atoms with Crippen molar-refractivity contribution >= 4 is 0 Å². The number of fused-ring (bicyclic) bond motifs is 2. The molecular formula is C38H50ClZr+3. The molecule has 4 fully saturated rings. The Hall–Kier alpha value is 0.133. The van der Waals surface area contributed by atoms with Crippen LogP contribution >= 0.6 is 0 Å². The molecule has 0 aliphatic heterocycles. The van der Waals surface area contributed by atoms with Crippen molar-refractivity contribution in [2.75, 3.05) is 0 Å². The van der Waals surface area contributed by atoms with Crippen molar-refractivity contribution in [1.29, 1.82) is 0 Å². The van der Waals surface area contributed by atoms with Crippen LogP contribution in [0.25, 0.3) is 0 Å². The van der Waals surface area contributed by atoms with Crippen LogP contribution in [0.3, 0.4) is 0 Å². The molecule has 4 saturated carbocycles. The number of hydrogen-bond donors (Lipinski definition) is 0. The van der Waals surface area contributed by atoms with Gasteiger partial charge in [0.05, 0.1) is 0 Å². The van der Waals surface area contributed by atoms with Crippen LogP contribution in [0.4, 0.5) is 0 Å². The molecule has 0 bridgehead atoms. The summed E-state index contributed by atoms with van der Waals surface area (Å²) in [5, 5.41) is 0. The van der Waals surface area contributed by atoms with Gasteiger partial charge in [0.1, 0.15) is 0 Å². The van der Waals surface area contributed by atoms with Crippen molar-refractivity contribution in [3.05, 3.63) is 110 Å². The van der Waals surface area contributed by atoms with E-state index in [0.717, 1.165) is 47.3 Å². The number of rotatable bonds is 4. The van der Waals surface area contributed by atoms with E-state index < -0.39 is 0 Å². The van der Waals surface area contributed by atoms with Crippen molar-refractivity contribution in [1.82, 2.24) is 0 Å². The van der Waals surface area contributed by atoms with E-state index in [1.807, 2.05) is 0 Å². The second-order valence-corrected chi connectivity index (χ2v) is 13.6. The van der Waals surface area contributed by atoms with Gasteiger partial charge in [-0.25, -0.2) is 0 Å². The molecule has 0 aromatic carbocycles. The Labute approximate surface area is 274 Å². The largest absolute Gasteiger partial charge is 4.00 e. The smallest absolute Gasteiger partial charge is 1.00 e. The molecule has 0 heterocycles. The predicted molar refractivity (Wildman–Crippen MR) is 163 cm³/mol. The van der Waals surface area contributed by atoms with Gasteiger partial charge in [-0.1, -0.05) is 103 Å². The summed E-state index contributed by atoms with van der Waals surface area (Å²) >= 11 is 0. The molecule has 210 valence electrons. The van der Waals surface area contributed by atoms with Gasteiger partial charge in [-0.3, -0.25) is 0 Å². The second-order valence-electron chi connectivity index (χ2n) is 13.6. The first kappa shape index (κ1) is 34.6. The van der Waals surface area contributed by atoms with Crippen molar-refractivity contribution in [2.24, 2.45) is 47.3 Å². The molecular weight excluding hydrogens is 583 g/mol. The zero-order chi connectivity index (χ0) is 26.8. The molecule has 0 unspecified atom stereocenters. The molecule has 2 heteroatoms. The standard InChI is InChI=1S/2C19H25.ClH.Zr/c2*1-13(2)16-10-8-14(3)12-19(16)18-11-9-15-6-4-5-7-17(15)18;;/h2*4-7,9,11,13-14,16,19H,8,10,12H2,1-3H3;1H;/q;;;+4/p-1/t2*14-,16+,19+;;/m11../s1. The quantitative estimate of drug-likeness (QED) is 0.315. The van der Waals surface area contributed by atoms with E-state index in [1.54, 1.807) is 11.8 Å². The van der Waals surface area contributed by atoms with E-state index in [9.17, 15) is 0 Å². The van der Waals surface area contributed by atoms with Crippen LogP contribution in [0.1, 0.15) is 80.1 Å². The predicted octanol–water partition coefficient (Wildman–Crippen LogP) is 6.93. The van der Waals surface area contributed by atoms with E-state index in [4.69, 9.17) is 0 Å². The van der Waals surface area contributed by atoms with Gasteiger partial charge in [0.25, 0.3) is 0 Å². The summed E-state index contributed by atoms with van der Waals surface area (Å²) < 4.78 is 0. The minimum atomic E-state index is 0. The second kappa shape index (κ2) is 15.7. The van der Waals surface area contributed by atoms with Crippen molar-refractivity contribution < 1.29 is 38.6 Å². The molecule has 0 spiro atoms. The molecule has 0 aromatic rings. The van der Waals surface area contributed by atoms with Gasteiger partial charge in [0.2, 0.25) is 0 Å². The maximum Gasteiger partial charge on any atom is 4.00 e. The third-order valence-corrected chi connectivity index (χ3v) is 10.3. The molecule has 40 heavy (non-hydrogen) atoms. The van der Waals surface area contributed by atoms with Gasteiger partial charge in [-0.2, -0.15) is 0 Å². The van der Waals surface area contributed by atoms with Gasteiger partial charge >= 0.3 is 26.2 Å². The van der Waals surface area contributed by atoms with Crippen molar-refractivity contribution in [3.63, 3.8) is 0 Å². The summed E-state index contributed by atoms with van der Waals surface area (Å²) in [5.74, 6) is 15.7. The average Bonchev–Trinajstić information content (AvgIpc) is 3.53. The summed E-state index contributed by atoms with van der Waals surface area (Å²) in [6.07, 6.45) is 35.5. The maximum atomic E-state index is 2.43. The van der Waals surface area contributed by atoms with Crippen LogP contribution in [0.15, 0.2) is 48.6 Å². The first-order valence-electron chi connectivity index (χ1n) is 15.6. The van der Waals surface area contributed by atoms with Crippen molar-refractivity contribution in [3.8, 4) is 0 Å². The summed E-state index contributed by atoms with van der Waals surface area (Å²) in [4.78, 5) is 0. The first-order valence-corrected chi connectivity index (χ1v) is 15.6. The molecule has 0 N–H and O–H groups in total. The number of hydrogen-bond acceptors (Lipinski definition) is 0. The molecule has 6 atom stereocenters. The Bertz CT molecular complexity index is 810. The van der Waals surface area contributed by atoms with E-state index in [0.29, 0.717) is 0 Å². The Morgan fingerprint density at radius 2 is 0.925 bits per heavy atom. The molecule has 10 radical (unpaired) electrons. The Balaban J connectivity index is 0.000000210. The summed E-state index contributed by atoms with van der Waals surface area (Å²) in [7, 11) is 0. The third kappa shape index (κ3) is 7.79. The van der Waals surface area contributed by atoms with E-state index in [2.05, 4.69) is 116 Å². The molecule has 6 aliphatic carbocycles. The zero-order valence-corrected chi connectivity index (χ0v) is 28.9. The van der Waals surface area contributed by atoms with Gasteiger partial charge in [0.15, 0.2) is 0 Å². The average molecular weight is 633 g/mol. The minimum absolute atomic E-state index is 0. The Kier molecular flexibility index (Phi) is 13.6. The summed E-state index contributed by atoms with van der Waals surface area (Å²) in [6, 6.07) is 0. The van der Waals surface area contributed by atoms with Gasteiger partial charge in [-0.05, 0) is 111 Å². The molecule has 0 nitrogen and oxygen atoms in total. The van der Waals surface area contributed by atoms with Crippen LogP contribution in [0.2, 0.25) is 0 Å². The van der Waals surface area contributed by atoms with Crippen LogP contribution in [0, 0.1) is 109 Å². The van der Waals surface area contributed by atoms with Crippen LogP contribution in [-0.4, -0.2) is 0 Å². The number of halogens is 1. The maximum absolute atomic E-state index is 2.43. The molecule has 0 amide bonds. The molecule has 6 rings (SSSR count). The molecule has 6 aliphatic rings. The minimum Gasteiger partial charge on any atom is -1.00 e. The summed E-state index contributed by atoms with van der Waals surface area (Å²) in [6.45, 7) is 14.5. The normalized spacial score (nSPS) is 35.3. The van der Waals surface area contributed by atoms with E-state index in [1.165, 1.54) is 62.2 Å². The zero-order valence-electron chi connectivity index (χ0n) is 25.7. The van der Waals surface area contributed by atoms with Crippen LogP contribution < -0.4 is 12.4 Å². The van der Waals surface area contributed by atoms with Crippen molar-refractivity contribution in [2.45, 2.75) is 80.1 Å². The first-order chi connectivity index (χ1) is 18.3. The van der Waals surface area contributed by atoms with Gasteiger partial charge in [0, 0.05) is 23.7 Å². The fraction of sp³-hybridized carbons (Fsp3) is 0.526. The van der Waals surface area contributed by atoms with E-state index >= 15 is 0 Å². The summed E-state index contributed by atoms with van der Waals surface area (Å²) in [5.41, 5.74) is 0. The SMILES string of the molecule is CC(C)[C@@H]1CC[C@@H](C)C[C@@H]1[C]1[CH][CH][C]2C=CC=C[C]21.CC(C)[C@@H]1CC[C@@H](C)C[C@@H]1[C]1[CH][CH][C]2C=CC=C[C]21.[Cl-].[Zr+4]. The molecule has 0 aromatic heterocycles. The van der Waals surface area contributed by atoms with Gasteiger partial charge in [-0.15, -0.1) is 0 Å². The van der Waals surface area contributed by atoms with E-state index in [-0.39, 0.29) is 38.6 Å². The third-order valence-electron chi connectivity index (χ3n) is 10.3. The Morgan fingerprint density at radius 3 is 1.30 bits per heavy atom. The Morgan fingerprint density at radius 1 is 0.550 bits per heavy atom. The van der Waals surface area contributed by atoms with Crippen LogP contribution in [0.5, 0.6) is 0 Å². The topological polar surface area (TPSA) is 0 Å². The fourth-order valence-electron chi connectivity index (χ4n) is 8.12. The van der Waals surface area contributed by atoms with Gasteiger partial charge < -0.3 is 12.4 Å². The molecule has 0 saturated heterocycles. The number of allylic oxidation sites excluding steroid dienone is 8. The fourth-order valence-corrected chi connectivity index (χ4v) is 8.12. The monoisotopic (exact) mass is 631 g/mol. The van der Waals surface area contributed by atoms with Crippen LogP contribution in [-0.2, 0) is 26.2 Å².